The van der Waals surface area contributed by atoms with Crippen molar-refractivity contribution in [1.82, 2.24) is 14.4 Å². The fraction of sp³-hybridized carbons (Fsp3) is 0.619. The van der Waals surface area contributed by atoms with Gasteiger partial charge in [-0.15, -0.1) is 0 Å². The summed E-state index contributed by atoms with van der Waals surface area (Å²) in [7, 11) is 0. The summed E-state index contributed by atoms with van der Waals surface area (Å²) in [5.41, 5.74) is 2.24. The van der Waals surface area contributed by atoms with Crippen molar-refractivity contribution in [2.45, 2.75) is 72.4 Å². The third-order valence-electron chi connectivity index (χ3n) is 6.08. The molecule has 152 valence electrons. The number of ketones is 1. The van der Waals surface area contributed by atoms with E-state index in [0.717, 1.165) is 40.5 Å². The van der Waals surface area contributed by atoms with Crippen molar-refractivity contribution in [2.75, 3.05) is 6.54 Å². The van der Waals surface area contributed by atoms with Gasteiger partial charge in [-0.05, 0) is 52.5 Å². The predicted molar refractivity (Wildman–Crippen MR) is 104 cm³/mol. The molecule has 0 aromatic carbocycles. The van der Waals surface area contributed by atoms with E-state index in [9.17, 15) is 19.2 Å². The Bertz CT molecular complexity index is 839. The molecule has 0 unspecified atom stereocenters. The Labute approximate surface area is 165 Å². The monoisotopic (exact) mass is 387 g/mol. The molecule has 7 heteroatoms. The topological polar surface area (TPSA) is 79.7 Å². The second kappa shape index (κ2) is 7.53. The molecule has 2 fully saturated rings. The maximum Gasteiger partial charge on any atom is 0.334 e. The number of amides is 4. The molecule has 0 spiro atoms. The molecule has 2 heterocycles. The van der Waals surface area contributed by atoms with Gasteiger partial charge in [-0.1, -0.05) is 19.8 Å². The minimum Gasteiger partial charge on any atom is -0.346 e. The van der Waals surface area contributed by atoms with Crippen LogP contribution in [0, 0.1) is 19.8 Å². The van der Waals surface area contributed by atoms with Crippen molar-refractivity contribution in [2.24, 2.45) is 5.92 Å². The lowest BCUT2D eigenvalue weighted by molar-refractivity contribution is -0.144. The second-order valence-electron chi connectivity index (χ2n) is 8.35. The zero-order chi connectivity index (χ0) is 20.7. The number of urea groups is 1. The van der Waals surface area contributed by atoms with Gasteiger partial charge in [0.15, 0.2) is 5.78 Å². The van der Waals surface area contributed by atoms with Crippen LogP contribution in [-0.2, 0) is 9.59 Å². The van der Waals surface area contributed by atoms with Crippen molar-refractivity contribution in [1.29, 1.82) is 0 Å². The van der Waals surface area contributed by atoms with Crippen molar-refractivity contribution in [3.05, 3.63) is 23.0 Å². The molecule has 0 radical (unpaired) electrons. The maximum absolute atomic E-state index is 12.9. The number of Topliss-reactive ketones (excluding diaryl/α,β-unsaturated/α-hetero) is 1. The van der Waals surface area contributed by atoms with E-state index >= 15 is 0 Å². The lowest BCUT2D eigenvalue weighted by Gasteiger charge is -2.34. The molecule has 1 saturated heterocycles. The average Bonchev–Trinajstić information content (AvgIpc) is 3.04. The van der Waals surface area contributed by atoms with Crippen LogP contribution in [0.25, 0.3) is 0 Å². The highest BCUT2D eigenvalue weighted by Gasteiger charge is 2.49. The van der Waals surface area contributed by atoms with Gasteiger partial charge in [0, 0.05) is 29.0 Å². The molecule has 28 heavy (non-hydrogen) atoms. The maximum atomic E-state index is 12.9. The van der Waals surface area contributed by atoms with Crippen LogP contribution in [0.15, 0.2) is 6.07 Å². The van der Waals surface area contributed by atoms with Crippen molar-refractivity contribution in [3.63, 3.8) is 0 Å². The SMILES string of the molecule is Cc1cc(C(=O)CN2C(=O)C(=O)N([C@H]3CCCC[C@@H]3C)C2=O)c(C)n1C(C)C. The van der Waals surface area contributed by atoms with Crippen LogP contribution in [-0.4, -0.2) is 50.6 Å². The van der Waals surface area contributed by atoms with Crippen LogP contribution in [0.5, 0.6) is 0 Å². The molecule has 3 rings (SSSR count). The average molecular weight is 387 g/mol. The lowest BCUT2D eigenvalue weighted by atomic mass is 9.85. The van der Waals surface area contributed by atoms with Crippen LogP contribution in [0.4, 0.5) is 4.79 Å². The summed E-state index contributed by atoms with van der Waals surface area (Å²) in [5.74, 6) is -1.86. The third-order valence-corrected chi connectivity index (χ3v) is 6.08. The molecule has 4 amide bonds. The van der Waals surface area contributed by atoms with Crippen LogP contribution < -0.4 is 0 Å². The molecule has 2 atom stereocenters. The number of hydrogen-bond acceptors (Lipinski definition) is 4. The first-order chi connectivity index (χ1) is 13.1. The van der Waals surface area contributed by atoms with E-state index in [2.05, 4.69) is 0 Å². The Kier molecular flexibility index (Phi) is 5.46. The summed E-state index contributed by atoms with van der Waals surface area (Å²) >= 11 is 0. The van der Waals surface area contributed by atoms with Crippen LogP contribution >= 0.6 is 0 Å². The first-order valence-corrected chi connectivity index (χ1v) is 10.1. The Morgan fingerprint density at radius 1 is 1.11 bits per heavy atom. The first-order valence-electron chi connectivity index (χ1n) is 10.1. The Balaban J connectivity index is 1.82. The van der Waals surface area contributed by atoms with Gasteiger partial charge in [-0.3, -0.25) is 19.3 Å². The number of aromatic nitrogens is 1. The van der Waals surface area contributed by atoms with Crippen molar-refractivity contribution in [3.8, 4) is 0 Å². The molecular weight excluding hydrogens is 358 g/mol. The largest absolute Gasteiger partial charge is 0.346 e. The second-order valence-corrected chi connectivity index (χ2v) is 8.35. The van der Waals surface area contributed by atoms with Gasteiger partial charge in [-0.2, -0.15) is 0 Å². The van der Waals surface area contributed by atoms with Gasteiger partial charge in [0.1, 0.15) is 0 Å². The number of aryl methyl sites for hydroxylation is 1. The fourth-order valence-electron chi connectivity index (χ4n) is 4.72. The lowest BCUT2D eigenvalue weighted by Crippen LogP contribution is -2.46. The van der Waals surface area contributed by atoms with Gasteiger partial charge < -0.3 is 4.57 Å². The predicted octanol–water partition coefficient (Wildman–Crippen LogP) is 3.24. The van der Waals surface area contributed by atoms with Crippen LogP contribution in [0.3, 0.4) is 0 Å². The number of imide groups is 2. The van der Waals surface area contributed by atoms with Crippen molar-refractivity contribution < 1.29 is 19.2 Å². The molecule has 1 aliphatic carbocycles. The minimum absolute atomic E-state index is 0.162. The summed E-state index contributed by atoms with van der Waals surface area (Å²) in [4.78, 5) is 52.6. The number of rotatable bonds is 5. The highest BCUT2D eigenvalue weighted by atomic mass is 16.2. The van der Waals surface area contributed by atoms with Gasteiger partial charge in [-0.25, -0.2) is 9.69 Å². The summed E-state index contributed by atoms with van der Waals surface area (Å²) in [6.07, 6.45) is 3.63. The van der Waals surface area contributed by atoms with E-state index in [-0.39, 0.29) is 23.8 Å². The molecule has 1 aliphatic heterocycles. The smallest absolute Gasteiger partial charge is 0.334 e. The Hall–Kier alpha value is -2.44. The number of nitrogens with zero attached hydrogens (tertiary/aromatic N) is 3. The van der Waals surface area contributed by atoms with E-state index in [4.69, 9.17) is 0 Å². The summed E-state index contributed by atoms with van der Waals surface area (Å²) in [6.45, 7) is 9.45. The molecule has 7 nitrogen and oxygen atoms in total. The summed E-state index contributed by atoms with van der Waals surface area (Å²) < 4.78 is 2.04. The summed E-state index contributed by atoms with van der Waals surface area (Å²) in [6, 6.07) is 1.07. The van der Waals surface area contributed by atoms with Gasteiger partial charge in [0.05, 0.1) is 6.54 Å². The Morgan fingerprint density at radius 2 is 1.75 bits per heavy atom. The highest BCUT2D eigenvalue weighted by molar-refractivity contribution is 6.45. The zero-order valence-corrected chi connectivity index (χ0v) is 17.3. The summed E-state index contributed by atoms with van der Waals surface area (Å²) in [5, 5.41) is 0. The van der Waals surface area contributed by atoms with Crippen molar-refractivity contribution >= 4 is 23.6 Å². The molecule has 1 aromatic rings. The molecule has 0 N–H and O–H groups in total. The first kappa shape index (κ1) is 20.3. The van der Waals surface area contributed by atoms with E-state index in [1.165, 1.54) is 0 Å². The standard InChI is InChI=1S/C21H29N3O4/c1-12(2)23-14(4)10-16(15(23)5)18(25)11-22-19(26)20(27)24(21(22)28)17-9-7-6-8-13(17)3/h10,12-13,17H,6-9,11H2,1-5H3/t13-,17-/m0/s1. The molecule has 1 aromatic heterocycles. The Morgan fingerprint density at radius 3 is 2.32 bits per heavy atom. The van der Waals surface area contributed by atoms with E-state index in [1.807, 2.05) is 39.2 Å². The molecule has 1 saturated carbocycles. The molecular formula is C21H29N3O4. The zero-order valence-electron chi connectivity index (χ0n) is 17.3. The number of carbonyl (C=O) groups excluding carboxylic acids is 4. The fourth-order valence-corrected chi connectivity index (χ4v) is 4.72. The molecule has 2 aliphatic rings. The van der Waals surface area contributed by atoms with Gasteiger partial charge in [0.2, 0.25) is 0 Å². The van der Waals surface area contributed by atoms with Gasteiger partial charge in [0.25, 0.3) is 0 Å². The quantitative estimate of drug-likeness (QED) is 0.441. The number of carbonyl (C=O) groups is 4. The van der Waals surface area contributed by atoms with Gasteiger partial charge >= 0.3 is 17.8 Å². The minimum atomic E-state index is -0.895. The van der Waals surface area contributed by atoms with E-state index in [0.29, 0.717) is 12.0 Å². The molecule has 0 bridgehead atoms. The van der Waals surface area contributed by atoms with E-state index < -0.39 is 24.4 Å². The highest BCUT2D eigenvalue weighted by Crippen LogP contribution is 2.31. The van der Waals surface area contributed by atoms with Crippen LogP contribution in [0.1, 0.15) is 74.2 Å². The normalized spacial score (nSPS) is 23.3. The third kappa shape index (κ3) is 3.27. The van der Waals surface area contributed by atoms with E-state index in [1.54, 1.807) is 6.07 Å². The van der Waals surface area contributed by atoms with Crippen LogP contribution in [0.2, 0.25) is 0 Å². The number of hydrogen-bond donors (Lipinski definition) is 0.